The Morgan fingerprint density at radius 3 is 2.44 bits per heavy atom. The van der Waals surface area contributed by atoms with Gasteiger partial charge in [-0.25, -0.2) is 8.42 Å². The molecule has 3 rings (SSSR count). The minimum Gasteiger partial charge on any atom is -0.455 e. The fourth-order valence-electron chi connectivity index (χ4n) is 3.14. The normalized spacial score (nSPS) is 16.4. The number of sulfonamides is 1. The summed E-state index contributed by atoms with van der Waals surface area (Å²) in [7, 11) is -3.61. The van der Waals surface area contributed by atoms with Gasteiger partial charge in [0.1, 0.15) is 10.7 Å². The highest BCUT2D eigenvalue weighted by molar-refractivity contribution is 7.98. The van der Waals surface area contributed by atoms with Crippen molar-refractivity contribution in [1.29, 1.82) is 0 Å². The van der Waals surface area contributed by atoms with Crippen LogP contribution >= 0.6 is 11.8 Å². The molecule has 27 heavy (non-hydrogen) atoms. The average molecular weight is 409 g/mol. The van der Waals surface area contributed by atoms with E-state index in [-0.39, 0.29) is 22.5 Å². The standard InChI is InChI=1S/C19H24N2O4S2/c1-13(15-6-8-16(26-3)9-7-15)20-19(22)17-12-18(14(2)25-17)27(23,24)21-10-4-5-11-21/h6-9,12-13H,4-5,10-11H2,1-3H3,(H,20,22). The van der Waals surface area contributed by atoms with Crippen LogP contribution in [0.2, 0.25) is 0 Å². The maximum Gasteiger partial charge on any atom is 0.287 e. The van der Waals surface area contributed by atoms with Crippen molar-refractivity contribution in [2.45, 2.75) is 42.5 Å². The van der Waals surface area contributed by atoms with Crippen LogP contribution in [0.3, 0.4) is 0 Å². The first-order valence-electron chi connectivity index (χ1n) is 8.88. The van der Waals surface area contributed by atoms with E-state index < -0.39 is 15.9 Å². The monoisotopic (exact) mass is 408 g/mol. The Morgan fingerprint density at radius 1 is 1.22 bits per heavy atom. The molecule has 1 aromatic heterocycles. The average Bonchev–Trinajstić information content (AvgIpc) is 3.32. The summed E-state index contributed by atoms with van der Waals surface area (Å²) in [6, 6.07) is 9.04. The third-order valence-corrected chi connectivity index (χ3v) is 7.49. The van der Waals surface area contributed by atoms with E-state index in [1.165, 1.54) is 10.4 Å². The quantitative estimate of drug-likeness (QED) is 0.739. The van der Waals surface area contributed by atoms with Crippen LogP contribution in [0.1, 0.15) is 47.7 Å². The number of amides is 1. The van der Waals surface area contributed by atoms with Gasteiger partial charge in [-0.05, 0) is 50.6 Å². The Kier molecular flexibility index (Phi) is 5.98. The van der Waals surface area contributed by atoms with Crippen LogP contribution in [0.15, 0.2) is 44.5 Å². The van der Waals surface area contributed by atoms with Gasteiger partial charge in [0.05, 0.1) is 6.04 Å². The van der Waals surface area contributed by atoms with Gasteiger partial charge in [-0.3, -0.25) is 4.79 Å². The topological polar surface area (TPSA) is 79.6 Å². The molecule has 1 atom stereocenters. The van der Waals surface area contributed by atoms with Crippen molar-refractivity contribution in [3.8, 4) is 0 Å². The van der Waals surface area contributed by atoms with E-state index in [9.17, 15) is 13.2 Å². The molecule has 6 nitrogen and oxygen atoms in total. The number of rotatable bonds is 6. The molecule has 8 heteroatoms. The van der Waals surface area contributed by atoms with Crippen LogP contribution in [-0.4, -0.2) is 38.0 Å². The lowest BCUT2D eigenvalue weighted by molar-refractivity contribution is 0.0910. The maximum absolute atomic E-state index is 12.7. The second kappa shape index (κ2) is 8.08. The summed E-state index contributed by atoms with van der Waals surface area (Å²) in [4.78, 5) is 13.8. The maximum atomic E-state index is 12.7. The molecule has 1 saturated heterocycles. The van der Waals surface area contributed by atoms with Crippen molar-refractivity contribution in [1.82, 2.24) is 9.62 Å². The second-order valence-corrected chi connectivity index (χ2v) is 9.40. The lowest BCUT2D eigenvalue weighted by Crippen LogP contribution is -2.28. The lowest BCUT2D eigenvalue weighted by Gasteiger charge is -2.14. The minimum absolute atomic E-state index is 0.0119. The third-order valence-electron chi connectivity index (χ3n) is 4.74. The van der Waals surface area contributed by atoms with E-state index in [0.717, 1.165) is 23.3 Å². The zero-order valence-electron chi connectivity index (χ0n) is 15.7. The van der Waals surface area contributed by atoms with Crippen LogP contribution in [0, 0.1) is 6.92 Å². The van der Waals surface area contributed by atoms with Crippen molar-refractivity contribution in [3.05, 3.63) is 47.4 Å². The van der Waals surface area contributed by atoms with Crippen LogP contribution in [-0.2, 0) is 10.0 Å². The summed E-state index contributed by atoms with van der Waals surface area (Å²) in [6.45, 7) is 4.48. The zero-order valence-corrected chi connectivity index (χ0v) is 17.3. The summed E-state index contributed by atoms with van der Waals surface area (Å²) in [5.74, 6) is -0.177. The van der Waals surface area contributed by atoms with E-state index >= 15 is 0 Å². The Labute approximate surface area is 164 Å². The largest absolute Gasteiger partial charge is 0.455 e. The number of benzene rings is 1. The van der Waals surface area contributed by atoms with Gasteiger partial charge in [0, 0.05) is 24.1 Å². The van der Waals surface area contributed by atoms with Gasteiger partial charge >= 0.3 is 0 Å². The van der Waals surface area contributed by atoms with Gasteiger partial charge < -0.3 is 9.73 Å². The number of hydrogen-bond acceptors (Lipinski definition) is 5. The summed E-state index contributed by atoms with van der Waals surface area (Å²) < 4.78 is 32.4. The molecule has 1 N–H and O–H groups in total. The van der Waals surface area contributed by atoms with Gasteiger partial charge in [0.15, 0.2) is 5.76 Å². The number of hydrogen-bond donors (Lipinski definition) is 1. The molecule has 1 aliphatic heterocycles. The minimum atomic E-state index is -3.61. The van der Waals surface area contributed by atoms with E-state index in [0.29, 0.717) is 13.1 Å². The smallest absolute Gasteiger partial charge is 0.287 e. The predicted molar refractivity (Wildman–Crippen MR) is 106 cm³/mol. The Balaban J connectivity index is 1.75. The zero-order chi connectivity index (χ0) is 19.6. The number of aryl methyl sites for hydroxylation is 1. The fourth-order valence-corrected chi connectivity index (χ4v) is 5.23. The molecule has 1 fully saturated rings. The van der Waals surface area contributed by atoms with Gasteiger partial charge in [-0.1, -0.05) is 12.1 Å². The highest BCUT2D eigenvalue weighted by Gasteiger charge is 2.31. The summed E-state index contributed by atoms with van der Waals surface area (Å²) in [5.41, 5.74) is 0.967. The molecule has 0 aliphatic carbocycles. The molecule has 1 amide bonds. The molecule has 1 unspecified atom stereocenters. The molecule has 0 spiro atoms. The fraction of sp³-hybridized carbons (Fsp3) is 0.421. The predicted octanol–water partition coefficient (Wildman–Crippen LogP) is 3.59. The Hall–Kier alpha value is -1.77. The highest BCUT2D eigenvalue weighted by atomic mass is 32.2. The van der Waals surface area contributed by atoms with E-state index in [4.69, 9.17) is 4.42 Å². The van der Waals surface area contributed by atoms with E-state index in [1.807, 2.05) is 37.4 Å². The second-order valence-electron chi connectivity index (χ2n) is 6.61. The summed E-state index contributed by atoms with van der Waals surface area (Å²) in [5, 5.41) is 2.86. The number of carbonyl (C=O) groups is 1. The molecule has 0 bridgehead atoms. The molecule has 2 heterocycles. The van der Waals surface area contributed by atoms with E-state index in [2.05, 4.69) is 5.32 Å². The number of nitrogens with one attached hydrogen (secondary N) is 1. The number of carbonyl (C=O) groups excluding carboxylic acids is 1. The highest BCUT2D eigenvalue weighted by Crippen LogP contribution is 2.27. The van der Waals surface area contributed by atoms with Crippen LogP contribution < -0.4 is 5.32 Å². The lowest BCUT2D eigenvalue weighted by atomic mass is 10.1. The third kappa shape index (κ3) is 4.23. The molecule has 0 radical (unpaired) electrons. The van der Waals surface area contributed by atoms with Crippen molar-refractivity contribution < 1.29 is 17.6 Å². The van der Waals surface area contributed by atoms with Gasteiger partial charge in [-0.15, -0.1) is 11.8 Å². The Morgan fingerprint density at radius 2 is 1.85 bits per heavy atom. The van der Waals surface area contributed by atoms with Crippen LogP contribution in [0.4, 0.5) is 0 Å². The van der Waals surface area contributed by atoms with Gasteiger partial charge in [0.2, 0.25) is 10.0 Å². The molecule has 1 aliphatic rings. The molecular weight excluding hydrogens is 384 g/mol. The van der Waals surface area contributed by atoms with Crippen molar-refractivity contribution in [2.24, 2.45) is 0 Å². The molecule has 0 saturated carbocycles. The molecule has 1 aromatic carbocycles. The van der Waals surface area contributed by atoms with Crippen molar-refractivity contribution in [3.63, 3.8) is 0 Å². The summed E-state index contributed by atoms with van der Waals surface area (Å²) >= 11 is 1.65. The summed E-state index contributed by atoms with van der Waals surface area (Å²) in [6.07, 6.45) is 3.72. The Bertz CT molecular complexity index is 914. The van der Waals surface area contributed by atoms with Crippen LogP contribution in [0.5, 0.6) is 0 Å². The van der Waals surface area contributed by atoms with Crippen molar-refractivity contribution in [2.75, 3.05) is 19.3 Å². The molecular formula is C19H24N2O4S2. The van der Waals surface area contributed by atoms with Gasteiger partial charge in [0.25, 0.3) is 5.91 Å². The van der Waals surface area contributed by atoms with Gasteiger partial charge in [-0.2, -0.15) is 4.31 Å². The van der Waals surface area contributed by atoms with E-state index in [1.54, 1.807) is 18.7 Å². The number of nitrogens with zero attached hydrogens (tertiary/aromatic N) is 1. The van der Waals surface area contributed by atoms with Crippen molar-refractivity contribution >= 4 is 27.7 Å². The molecule has 146 valence electrons. The molecule has 2 aromatic rings. The first-order valence-corrected chi connectivity index (χ1v) is 11.5. The first-order chi connectivity index (χ1) is 12.8. The number of thioether (sulfide) groups is 1. The first kappa shape index (κ1) is 20.0. The van der Waals surface area contributed by atoms with Crippen LogP contribution in [0.25, 0.3) is 0 Å². The number of furan rings is 1. The SMILES string of the molecule is CSc1ccc(C(C)NC(=O)c2cc(S(=O)(=O)N3CCCC3)c(C)o2)cc1.